The minimum atomic E-state index is 0.923. The Morgan fingerprint density at radius 3 is 2.60 bits per heavy atom. The van der Waals surface area contributed by atoms with Crippen LogP contribution in [0.2, 0.25) is 0 Å². The molecule has 0 unspecified atom stereocenters. The molecule has 2 aromatic heterocycles. The van der Waals surface area contributed by atoms with Gasteiger partial charge in [-0.2, -0.15) is 0 Å². The van der Waals surface area contributed by atoms with Gasteiger partial charge < -0.3 is 4.42 Å². The monoisotopic (exact) mass is 259 g/mol. The van der Waals surface area contributed by atoms with Crippen molar-refractivity contribution < 1.29 is 4.42 Å². The lowest BCUT2D eigenvalue weighted by atomic mass is 10.0. The molecule has 4 aromatic rings. The standard InChI is InChI=1S/C18H13NO/c1-12-10-13(15-7-4-5-9-19-15)11-17-18(12)14-6-2-3-8-16(14)20-17/h2-11H,1H3. The first-order valence-corrected chi connectivity index (χ1v) is 6.66. The molecule has 2 nitrogen and oxygen atoms in total. The Morgan fingerprint density at radius 1 is 0.900 bits per heavy atom. The molecule has 0 bridgehead atoms. The van der Waals surface area contributed by atoms with E-state index in [0.29, 0.717) is 0 Å². The third kappa shape index (κ3) is 1.62. The number of benzene rings is 2. The van der Waals surface area contributed by atoms with Gasteiger partial charge in [0.25, 0.3) is 0 Å². The largest absolute Gasteiger partial charge is 0.456 e. The normalized spacial score (nSPS) is 11.2. The highest BCUT2D eigenvalue weighted by atomic mass is 16.3. The highest BCUT2D eigenvalue weighted by Crippen LogP contribution is 2.34. The first kappa shape index (κ1) is 11.2. The molecule has 20 heavy (non-hydrogen) atoms. The number of nitrogens with zero attached hydrogens (tertiary/aromatic N) is 1. The van der Waals surface area contributed by atoms with E-state index in [1.165, 1.54) is 16.3 Å². The van der Waals surface area contributed by atoms with Gasteiger partial charge in [-0.15, -0.1) is 0 Å². The summed E-state index contributed by atoms with van der Waals surface area (Å²) in [7, 11) is 0. The van der Waals surface area contributed by atoms with Crippen molar-refractivity contribution in [3.05, 3.63) is 66.4 Å². The minimum absolute atomic E-state index is 0.923. The number of aromatic nitrogens is 1. The molecule has 0 aliphatic carbocycles. The van der Waals surface area contributed by atoms with Gasteiger partial charge in [0, 0.05) is 22.5 Å². The van der Waals surface area contributed by atoms with E-state index < -0.39 is 0 Å². The van der Waals surface area contributed by atoms with Crippen molar-refractivity contribution in [2.75, 3.05) is 0 Å². The topological polar surface area (TPSA) is 26.0 Å². The molecule has 2 heteroatoms. The van der Waals surface area contributed by atoms with E-state index in [-0.39, 0.29) is 0 Å². The fourth-order valence-corrected chi connectivity index (χ4v) is 2.74. The molecule has 0 fully saturated rings. The van der Waals surface area contributed by atoms with Crippen molar-refractivity contribution in [3.63, 3.8) is 0 Å². The predicted octanol–water partition coefficient (Wildman–Crippen LogP) is 4.96. The first-order chi connectivity index (χ1) is 9.83. The summed E-state index contributed by atoms with van der Waals surface area (Å²) in [4.78, 5) is 4.41. The van der Waals surface area contributed by atoms with Crippen molar-refractivity contribution in [2.24, 2.45) is 0 Å². The van der Waals surface area contributed by atoms with Crippen LogP contribution in [0.25, 0.3) is 33.2 Å². The van der Waals surface area contributed by atoms with Crippen LogP contribution in [0.5, 0.6) is 0 Å². The molecule has 96 valence electrons. The van der Waals surface area contributed by atoms with Crippen LogP contribution in [0, 0.1) is 6.92 Å². The Morgan fingerprint density at radius 2 is 1.75 bits per heavy atom. The summed E-state index contributed by atoms with van der Waals surface area (Å²) in [6, 6.07) is 18.4. The summed E-state index contributed by atoms with van der Waals surface area (Å²) in [5.74, 6) is 0. The maximum atomic E-state index is 5.97. The molecule has 0 saturated heterocycles. The third-order valence-corrected chi connectivity index (χ3v) is 3.64. The Hall–Kier alpha value is -2.61. The number of fused-ring (bicyclic) bond motifs is 3. The highest BCUT2D eigenvalue weighted by Gasteiger charge is 2.11. The van der Waals surface area contributed by atoms with Crippen molar-refractivity contribution >= 4 is 21.9 Å². The highest BCUT2D eigenvalue weighted by molar-refractivity contribution is 6.07. The number of aryl methyl sites for hydroxylation is 1. The van der Waals surface area contributed by atoms with E-state index in [9.17, 15) is 0 Å². The maximum Gasteiger partial charge on any atom is 0.136 e. The maximum absolute atomic E-state index is 5.97. The molecule has 0 aliphatic rings. The Balaban J connectivity index is 2.06. The molecule has 2 aromatic carbocycles. The molecule has 2 heterocycles. The van der Waals surface area contributed by atoms with Crippen molar-refractivity contribution in [1.29, 1.82) is 0 Å². The number of rotatable bonds is 1. The average Bonchev–Trinajstić information content (AvgIpc) is 2.87. The van der Waals surface area contributed by atoms with E-state index in [4.69, 9.17) is 4.42 Å². The van der Waals surface area contributed by atoms with Crippen LogP contribution < -0.4 is 0 Å². The summed E-state index contributed by atoms with van der Waals surface area (Å²) in [5.41, 5.74) is 5.14. The zero-order valence-electron chi connectivity index (χ0n) is 11.1. The van der Waals surface area contributed by atoms with Crippen LogP contribution in [-0.4, -0.2) is 4.98 Å². The van der Waals surface area contributed by atoms with Crippen LogP contribution in [0.1, 0.15) is 5.56 Å². The van der Waals surface area contributed by atoms with Gasteiger partial charge in [0.1, 0.15) is 11.2 Å². The van der Waals surface area contributed by atoms with Gasteiger partial charge in [0.2, 0.25) is 0 Å². The van der Waals surface area contributed by atoms with Crippen molar-refractivity contribution in [3.8, 4) is 11.3 Å². The molecule has 0 atom stereocenters. The van der Waals surface area contributed by atoms with Crippen LogP contribution in [0.15, 0.2) is 65.2 Å². The molecule has 0 amide bonds. The van der Waals surface area contributed by atoms with Gasteiger partial charge >= 0.3 is 0 Å². The number of hydrogen-bond acceptors (Lipinski definition) is 2. The van der Waals surface area contributed by atoms with Gasteiger partial charge in [0.15, 0.2) is 0 Å². The Kier molecular flexibility index (Phi) is 2.36. The second-order valence-corrected chi connectivity index (χ2v) is 4.98. The van der Waals surface area contributed by atoms with E-state index in [0.717, 1.165) is 22.4 Å². The lowest BCUT2D eigenvalue weighted by Gasteiger charge is -2.03. The van der Waals surface area contributed by atoms with Crippen LogP contribution >= 0.6 is 0 Å². The first-order valence-electron chi connectivity index (χ1n) is 6.66. The molecule has 0 spiro atoms. The van der Waals surface area contributed by atoms with E-state index >= 15 is 0 Å². The Labute approximate surface area is 116 Å². The number of para-hydroxylation sites is 1. The van der Waals surface area contributed by atoms with Crippen LogP contribution in [0.4, 0.5) is 0 Å². The fraction of sp³-hybridized carbons (Fsp3) is 0.0556. The number of pyridine rings is 1. The van der Waals surface area contributed by atoms with Crippen LogP contribution in [-0.2, 0) is 0 Å². The van der Waals surface area contributed by atoms with Crippen molar-refractivity contribution in [2.45, 2.75) is 6.92 Å². The van der Waals surface area contributed by atoms with Gasteiger partial charge in [-0.05, 0) is 42.8 Å². The molecular weight excluding hydrogens is 246 g/mol. The molecule has 0 N–H and O–H groups in total. The van der Waals surface area contributed by atoms with Gasteiger partial charge in [-0.25, -0.2) is 0 Å². The predicted molar refractivity (Wildman–Crippen MR) is 81.7 cm³/mol. The van der Waals surface area contributed by atoms with Gasteiger partial charge in [-0.3, -0.25) is 4.98 Å². The third-order valence-electron chi connectivity index (χ3n) is 3.64. The summed E-state index contributed by atoms with van der Waals surface area (Å²) in [5, 5.41) is 2.37. The van der Waals surface area contributed by atoms with Crippen LogP contribution in [0.3, 0.4) is 0 Å². The minimum Gasteiger partial charge on any atom is -0.456 e. The smallest absolute Gasteiger partial charge is 0.136 e. The molecular formula is C18H13NO. The van der Waals surface area contributed by atoms with E-state index in [1.54, 1.807) is 0 Å². The fourth-order valence-electron chi connectivity index (χ4n) is 2.74. The second kappa shape index (κ2) is 4.20. The van der Waals surface area contributed by atoms with Gasteiger partial charge in [-0.1, -0.05) is 24.3 Å². The number of hydrogen-bond donors (Lipinski definition) is 0. The summed E-state index contributed by atoms with van der Waals surface area (Å²) >= 11 is 0. The lowest BCUT2D eigenvalue weighted by Crippen LogP contribution is -1.84. The van der Waals surface area contributed by atoms with Crippen molar-refractivity contribution in [1.82, 2.24) is 4.98 Å². The quantitative estimate of drug-likeness (QED) is 0.483. The molecule has 0 radical (unpaired) electrons. The number of furan rings is 1. The molecule has 0 aliphatic heterocycles. The summed E-state index contributed by atoms with van der Waals surface area (Å²) in [6.07, 6.45) is 1.81. The zero-order chi connectivity index (χ0) is 13.5. The van der Waals surface area contributed by atoms with E-state index in [1.807, 2.05) is 42.6 Å². The second-order valence-electron chi connectivity index (χ2n) is 4.98. The van der Waals surface area contributed by atoms with Gasteiger partial charge in [0.05, 0.1) is 5.69 Å². The zero-order valence-corrected chi connectivity index (χ0v) is 11.1. The molecule has 4 rings (SSSR count). The SMILES string of the molecule is Cc1cc(-c2ccccn2)cc2oc3ccccc3c12. The van der Waals surface area contributed by atoms with E-state index in [2.05, 4.69) is 30.1 Å². The summed E-state index contributed by atoms with van der Waals surface area (Å²) in [6.45, 7) is 2.12. The molecule has 0 saturated carbocycles. The summed E-state index contributed by atoms with van der Waals surface area (Å²) < 4.78 is 5.97. The average molecular weight is 259 g/mol. The lowest BCUT2D eigenvalue weighted by molar-refractivity contribution is 0.669. The Bertz CT molecular complexity index is 907.